The minimum Gasteiger partial charge on any atom is -0.378 e. The van der Waals surface area contributed by atoms with Gasteiger partial charge in [-0.05, 0) is 63.5 Å². The maximum atomic E-state index is 6.05. The van der Waals surface area contributed by atoms with Crippen molar-refractivity contribution in [3.05, 3.63) is 0 Å². The van der Waals surface area contributed by atoms with Crippen molar-refractivity contribution < 1.29 is 4.74 Å². The zero-order valence-electron chi connectivity index (χ0n) is 13.4. The average Bonchev–Trinajstić information content (AvgIpc) is 2.36. The van der Waals surface area contributed by atoms with Crippen LogP contribution >= 0.6 is 0 Å². The molecule has 0 radical (unpaired) electrons. The number of nitrogens with one attached hydrogen (secondary N) is 1. The van der Waals surface area contributed by atoms with Crippen molar-refractivity contribution in [2.24, 2.45) is 11.8 Å². The third-order valence-corrected chi connectivity index (χ3v) is 4.16. The standard InChI is InChI=1S/C17H35NO/c1-4-9-18-10-7-5-6-8-11-19-17-13-15(2)12-16(3)14-17/h15-18H,4-14H2,1-3H3. The molecule has 1 rings (SSSR count). The lowest BCUT2D eigenvalue weighted by Gasteiger charge is -2.31. The molecule has 2 atom stereocenters. The molecule has 1 N–H and O–H groups in total. The summed E-state index contributed by atoms with van der Waals surface area (Å²) in [5, 5.41) is 3.46. The van der Waals surface area contributed by atoms with Crippen molar-refractivity contribution in [2.45, 2.75) is 78.2 Å². The van der Waals surface area contributed by atoms with E-state index in [0.29, 0.717) is 6.10 Å². The third kappa shape index (κ3) is 8.65. The van der Waals surface area contributed by atoms with Crippen LogP contribution in [0.2, 0.25) is 0 Å². The van der Waals surface area contributed by atoms with Crippen LogP contribution in [0.1, 0.15) is 72.1 Å². The van der Waals surface area contributed by atoms with Gasteiger partial charge in [0.1, 0.15) is 0 Å². The van der Waals surface area contributed by atoms with E-state index in [-0.39, 0.29) is 0 Å². The SMILES string of the molecule is CCCNCCCCCCOC1CC(C)CC(C)C1. The van der Waals surface area contributed by atoms with E-state index >= 15 is 0 Å². The van der Waals surface area contributed by atoms with Crippen molar-refractivity contribution in [2.75, 3.05) is 19.7 Å². The summed E-state index contributed by atoms with van der Waals surface area (Å²) in [5.41, 5.74) is 0. The molecule has 0 aromatic carbocycles. The molecule has 0 amide bonds. The van der Waals surface area contributed by atoms with Gasteiger partial charge in [-0.3, -0.25) is 0 Å². The predicted molar refractivity (Wildman–Crippen MR) is 83.5 cm³/mol. The highest BCUT2D eigenvalue weighted by molar-refractivity contribution is 4.75. The number of hydrogen-bond acceptors (Lipinski definition) is 2. The van der Waals surface area contributed by atoms with Gasteiger partial charge in [-0.15, -0.1) is 0 Å². The van der Waals surface area contributed by atoms with Crippen LogP contribution in [0.15, 0.2) is 0 Å². The van der Waals surface area contributed by atoms with Gasteiger partial charge in [0.15, 0.2) is 0 Å². The Balaban J connectivity index is 1.87. The van der Waals surface area contributed by atoms with Gasteiger partial charge in [-0.25, -0.2) is 0 Å². The third-order valence-electron chi connectivity index (χ3n) is 4.16. The Morgan fingerprint density at radius 3 is 2.26 bits per heavy atom. The van der Waals surface area contributed by atoms with E-state index in [1.165, 1.54) is 64.5 Å². The molecule has 0 aromatic heterocycles. The van der Waals surface area contributed by atoms with E-state index in [2.05, 4.69) is 26.1 Å². The molecule has 1 saturated carbocycles. The highest BCUT2D eigenvalue weighted by Crippen LogP contribution is 2.30. The van der Waals surface area contributed by atoms with E-state index in [0.717, 1.165) is 18.4 Å². The fourth-order valence-corrected chi connectivity index (χ4v) is 3.27. The van der Waals surface area contributed by atoms with Gasteiger partial charge in [-0.2, -0.15) is 0 Å². The predicted octanol–water partition coefficient (Wildman–Crippen LogP) is 4.39. The molecule has 114 valence electrons. The molecule has 19 heavy (non-hydrogen) atoms. The second-order valence-electron chi connectivity index (χ2n) is 6.57. The molecule has 2 nitrogen and oxygen atoms in total. The summed E-state index contributed by atoms with van der Waals surface area (Å²) in [6.07, 6.45) is 11.0. The maximum Gasteiger partial charge on any atom is 0.0580 e. The highest BCUT2D eigenvalue weighted by atomic mass is 16.5. The van der Waals surface area contributed by atoms with Gasteiger partial charge in [0.25, 0.3) is 0 Å². The first-order valence-corrected chi connectivity index (χ1v) is 8.54. The molecule has 0 aromatic rings. The van der Waals surface area contributed by atoms with Gasteiger partial charge in [0, 0.05) is 6.61 Å². The van der Waals surface area contributed by atoms with Crippen LogP contribution in [0.4, 0.5) is 0 Å². The lowest BCUT2D eigenvalue weighted by Crippen LogP contribution is -2.26. The van der Waals surface area contributed by atoms with Crippen molar-refractivity contribution in [1.82, 2.24) is 5.32 Å². The summed E-state index contributed by atoms with van der Waals surface area (Å²) in [7, 11) is 0. The van der Waals surface area contributed by atoms with Crippen molar-refractivity contribution in [3.8, 4) is 0 Å². The second-order valence-corrected chi connectivity index (χ2v) is 6.57. The first-order chi connectivity index (χ1) is 9.22. The van der Waals surface area contributed by atoms with E-state index in [1.54, 1.807) is 0 Å². The van der Waals surface area contributed by atoms with Gasteiger partial charge in [0.05, 0.1) is 6.10 Å². The summed E-state index contributed by atoms with van der Waals surface area (Å²) in [4.78, 5) is 0. The minimum atomic E-state index is 0.546. The summed E-state index contributed by atoms with van der Waals surface area (Å²) in [5.74, 6) is 1.72. The molecule has 0 saturated heterocycles. The van der Waals surface area contributed by atoms with Gasteiger partial charge >= 0.3 is 0 Å². The molecule has 1 aliphatic rings. The Kier molecular flexibility index (Phi) is 9.54. The monoisotopic (exact) mass is 269 g/mol. The van der Waals surface area contributed by atoms with Crippen LogP contribution in [0.25, 0.3) is 0 Å². The highest BCUT2D eigenvalue weighted by Gasteiger charge is 2.23. The zero-order valence-corrected chi connectivity index (χ0v) is 13.4. The van der Waals surface area contributed by atoms with Gasteiger partial charge in [0.2, 0.25) is 0 Å². The van der Waals surface area contributed by atoms with Crippen molar-refractivity contribution in [1.29, 1.82) is 0 Å². The summed E-state index contributed by atoms with van der Waals surface area (Å²) in [6.45, 7) is 10.3. The Hall–Kier alpha value is -0.0800. The molecule has 0 aliphatic heterocycles. The number of hydrogen-bond donors (Lipinski definition) is 1. The number of ether oxygens (including phenoxy) is 1. The fourth-order valence-electron chi connectivity index (χ4n) is 3.27. The first-order valence-electron chi connectivity index (χ1n) is 8.54. The van der Waals surface area contributed by atoms with E-state index in [4.69, 9.17) is 4.74 Å². The molecule has 2 unspecified atom stereocenters. The number of unbranched alkanes of at least 4 members (excludes halogenated alkanes) is 3. The molecular weight excluding hydrogens is 234 g/mol. The molecule has 0 spiro atoms. The molecule has 2 heteroatoms. The quantitative estimate of drug-likeness (QED) is 0.594. The molecule has 1 fully saturated rings. The lowest BCUT2D eigenvalue weighted by molar-refractivity contribution is -0.000615. The largest absolute Gasteiger partial charge is 0.378 e. The normalized spacial score (nSPS) is 27.6. The molecule has 1 aliphatic carbocycles. The van der Waals surface area contributed by atoms with Gasteiger partial charge in [-0.1, -0.05) is 33.6 Å². The maximum absolute atomic E-state index is 6.05. The smallest absolute Gasteiger partial charge is 0.0580 e. The Labute approximate surface area is 120 Å². The summed E-state index contributed by atoms with van der Waals surface area (Å²) < 4.78 is 6.05. The fraction of sp³-hybridized carbons (Fsp3) is 1.00. The van der Waals surface area contributed by atoms with Crippen LogP contribution < -0.4 is 5.32 Å². The van der Waals surface area contributed by atoms with E-state index in [9.17, 15) is 0 Å². The second kappa shape index (κ2) is 10.7. The van der Waals surface area contributed by atoms with E-state index in [1.807, 2.05) is 0 Å². The molecule has 0 bridgehead atoms. The lowest BCUT2D eigenvalue weighted by atomic mass is 9.82. The van der Waals surface area contributed by atoms with Crippen LogP contribution in [-0.4, -0.2) is 25.8 Å². The van der Waals surface area contributed by atoms with Gasteiger partial charge < -0.3 is 10.1 Å². The molecule has 0 heterocycles. The summed E-state index contributed by atoms with van der Waals surface area (Å²) in [6, 6.07) is 0. The summed E-state index contributed by atoms with van der Waals surface area (Å²) >= 11 is 0. The van der Waals surface area contributed by atoms with Crippen LogP contribution in [0, 0.1) is 11.8 Å². The minimum absolute atomic E-state index is 0.546. The van der Waals surface area contributed by atoms with Crippen LogP contribution in [0.5, 0.6) is 0 Å². The molecular formula is C17H35NO. The first kappa shape index (κ1) is 17.0. The van der Waals surface area contributed by atoms with Crippen molar-refractivity contribution in [3.63, 3.8) is 0 Å². The van der Waals surface area contributed by atoms with Crippen molar-refractivity contribution >= 4 is 0 Å². The van der Waals surface area contributed by atoms with Crippen LogP contribution in [-0.2, 0) is 4.74 Å². The Morgan fingerprint density at radius 1 is 0.895 bits per heavy atom. The zero-order chi connectivity index (χ0) is 13.9. The topological polar surface area (TPSA) is 21.3 Å². The number of rotatable bonds is 10. The Bertz CT molecular complexity index is 197. The Morgan fingerprint density at radius 2 is 1.58 bits per heavy atom. The van der Waals surface area contributed by atoms with E-state index < -0.39 is 0 Å². The van der Waals surface area contributed by atoms with Crippen LogP contribution in [0.3, 0.4) is 0 Å². The average molecular weight is 269 g/mol.